The SMILES string of the molecule is CN(C)CCCN(C)C(CN)c1cc(Br)ccc1F. The van der Waals surface area contributed by atoms with Crippen molar-refractivity contribution in [1.29, 1.82) is 0 Å². The minimum atomic E-state index is -0.196. The molecule has 0 aromatic heterocycles. The van der Waals surface area contributed by atoms with Crippen LogP contribution in [0.25, 0.3) is 0 Å². The monoisotopic (exact) mass is 331 g/mol. The highest BCUT2D eigenvalue weighted by atomic mass is 79.9. The molecule has 3 nitrogen and oxygen atoms in total. The van der Waals surface area contributed by atoms with Crippen molar-refractivity contribution in [3.8, 4) is 0 Å². The topological polar surface area (TPSA) is 32.5 Å². The largest absolute Gasteiger partial charge is 0.329 e. The van der Waals surface area contributed by atoms with Crippen LogP contribution in [0.4, 0.5) is 4.39 Å². The number of nitrogens with two attached hydrogens (primary N) is 1. The Morgan fingerprint density at radius 2 is 1.95 bits per heavy atom. The first-order chi connectivity index (χ1) is 8.95. The molecule has 2 N–H and O–H groups in total. The third kappa shape index (κ3) is 5.18. The standard InChI is InChI=1S/C14H23BrFN3/c1-18(2)7-4-8-19(3)14(10-17)12-9-11(15)5-6-13(12)16/h5-6,9,14H,4,7-8,10,17H2,1-3H3. The minimum Gasteiger partial charge on any atom is -0.329 e. The number of nitrogens with zero attached hydrogens (tertiary/aromatic N) is 2. The van der Waals surface area contributed by atoms with Gasteiger partial charge in [0.05, 0.1) is 0 Å². The summed E-state index contributed by atoms with van der Waals surface area (Å²) >= 11 is 3.38. The van der Waals surface area contributed by atoms with Crippen LogP contribution in [0.5, 0.6) is 0 Å². The average molecular weight is 332 g/mol. The van der Waals surface area contributed by atoms with E-state index in [1.807, 2.05) is 27.2 Å². The van der Waals surface area contributed by atoms with Crippen LogP contribution in [-0.4, -0.2) is 50.6 Å². The van der Waals surface area contributed by atoms with Gasteiger partial charge in [0.1, 0.15) is 5.82 Å². The van der Waals surface area contributed by atoms with Gasteiger partial charge in [-0.3, -0.25) is 4.90 Å². The summed E-state index contributed by atoms with van der Waals surface area (Å²) in [5.41, 5.74) is 6.48. The Hall–Kier alpha value is -0.490. The third-order valence-electron chi connectivity index (χ3n) is 3.19. The van der Waals surface area contributed by atoms with Gasteiger partial charge in [-0.05, 0) is 58.9 Å². The van der Waals surface area contributed by atoms with Gasteiger partial charge in [0, 0.05) is 22.6 Å². The number of hydrogen-bond acceptors (Lipinski definition) is 3. The Morgan fingerprint density at radius 3 is 2.53 bits per heavy atom. The van der Waals surface area contributed by atoms with E-state index >= 15 is 0 Å². The summed E-state index contributed by atoms with van der Waals surface area (Å²) in [4.78, 5) is 4.26. The van der Waals surface area contributed by atoms with E-state index in [-0.39, 0.29) is 11.9 Å². The van der Waals surface area contributed by atoms with Gasteiger partial charge in [0.2, 0.25) is 0 Å². The molecular formula is C14H23BrFN3. The Kier molecular flexibility index (Phi) is 6.93. The Bertz CT molecular complexity index is 398. The first-order valence-electron chi connectivity index (χ1n) is 6.45. The predicted octanol–water partition coefficient (Wildman–Crippen LogP) is 2.47. The molecule has 0 bridgehead atoms. The first-order valence-corrected chi connectivity index (χ1v) is 7.25. The van der Waals surface area contributed by atoms with Crippen LogP contribution in [0.3, 0.4) is 0 Å². The van der Waals surface area contributed by atoms with Crippen LogP contribution in [0, 0.1) is 5.82 Å². The summed E-state index contributed by atoms with van der Waals surface area (Å²) in [6, 6.07) is 4.92. The fraction of sp³-hybridized carbons (Fsp3) is 0.571. The van der Waals surface area contributed by atoms with Crippen molar-refractivity contribution in [1.82, 2.24) is 9.80 Å². The van der Waals surface area contributed by atoms with E-state index in [0.29, 0.717) is 12.1 Å². The van der Waals surface area contributed by atoms with E-state index in [1.54, 1.807) is 6.07 Å². The second-order valence-electron chi connectivity index (χ2n) is 5.05. The first kappa shape index (κ1) is 16.6. The zero-order valence-electron chi connectivity index (χ0n) is 11.9. The average Bonchev–Trinajstić information content (AvgIpc) is 2.34. The summed E-state index contributed by atoms with van der Waals surface area (Å²) in [5.74, 6) is -0.196. The molecule has 0 spiro atoms. The van der Waals surface area contributed by atoms with E-state index in [9.17, 15) is 4.39 Å². The van der Waals surface area contributed by atoms with E-state index in [4.69, 9.17) is 5.73 Å². The van der Waals surface area contributed by atoms with Gasteiger partial charge in [0.25, 0.3) is 0 Å². The van der Waals surface area contributed by atoms with Crippen LogP contribution < -0.4 is 5.73 Å². The lowest BCUT2D eigenvalue weighted by Gasteiger charge is -2.28. The number of hydrogen-bond donors (Lipinski definition) is 1. The van der Waals surface area contributed by atoms with Crippen LogP contribution in [0.2, 0.25) is 0 Å². The number of benzene rings is 1. The molecule has 0 saturated heterocycles. The molecule has 0 amide bonds. The van der Waals surface area contributed by atoms with Gasteiger partial charge in [0.15, 0.2) is 0 Å². The smallest absolute Gasteiger partial charge is 0.128 e. The molecule has 0 heterocycles. The van der Waals surface area contributed by atoms with Gasteiger partial charge < -0.3 is 10.6 Å². The second-order valence-corrected chi connectivity index (χ2v) is 5.97. The second kappa shape index (κ2) is 7.94. The summed E-state index contributed by atoms with van der Waals surface area (Å²) in [5, 5.41) is 0. The Balaban J connectivity index is 2.73. The van der Waals surface area contributed by atoms with Crippen LogP contribution >= 0.6 is 15.9 Å². The number of halogens is 2. The maximum absolute atomic E-state index is 13.9. The molecule has 0 aliphatic rings. The molecule has 1 unspecified atom stereocenters. The van der Waals surface area contributed by atoms with Crippen LogP contribution in [0.15, 0.2) is 22.7 Å². The van der Waals surface area contributed by atoms with Crippen LogP contribution in [0.1, 0.15) is 18.0 Å². The van der Waals surface area contributed by atoms with Crippen molar-refractivity contribution in [3.63, 3.8) is 0 Å². The maximum Gasteiger partial charge on any atom is 0.128 e. The highest BCUT2D eigenvalue weighted by Gasteiger charge is 2.19. The molecule has 108 valence electrons. The summed E-state index contributed by atoms with van der Waals surface area (Å²) in [7, 11) is 6.09. The van der Waals surface area contributed by atoms with E-state index in [1.165, 1.54) is 6.07 Å². The van der Waals surface area contributed by atoms with Crippen molar-refractivity contribution in [3.05, 3.63) is 34.1 Å². The van der Waals surface area contributed by atoms with E-state index in [2.05, 4.69) is 25.7 Å². The van der Waals surface area contributed by atoms with E-state index < -0.39 is 0 Å². The van der Waals surface area contributed by atoms with Gasteiger partial charge in [-0.2, -0.15) is 0 Å². The van der Waals surface area contributed by atoms with Crippen molar-refractivity contribution in [2.75, 3.05) is 40.8 Å². The molecule has 5 heteroatoms. The number of likely N-dealkylation sites (N-methyl/N-ethyl adjacent to an activating group) is 1. The summed E-state index contributed by atoms with van der Waals surface area (Å²) in [6.45, 7) is 2.32. The molecule has 0 fully saturated rings. The lowest BCUT2D eigenvalue weighted by molar-refractivity contribution is 0.231. The molecule has 1 atom stereocenters. The highest BCUT2D eigenvalue weighted by Crippen LogP contribution is 2.25. The molecule has 1 aromatic rings. The fourth-order valence-corrected chi connectivity index (χ4v) is 2.49. The molecule has 0 saturated carbocycles. The van der Waals surface area contributed by atoms with Crippen molar-refractivity contribution in [2.24, 2.45) is 5.73 Å². The lowest BCUT2D eigenvalue weighted by atomic mass is 10.0. The van der Waals surface area contributed by atoms with Crippen molar-refractivity contribution >= 4 is 15.9 Å². The Labute approximate surface area is 123 Å². The van der Waals surface area contributed by atoms with E-state index in [0.717, 1.165) is 24.0 Å². The van der Waals surface area contributed by atoms with Crippen molar-refractivity contribution < 1.29 is 4.39 Å². The van der Waals surface area contributed by atoms with Crippen molar-refractivity contribution in [2.45, 2.75) is 12.5 Å². The van der Waals surface area contributed by atoms with Gasteiger partial charge in [-0.1, -0.05) is 15.9 Å². The quantitative estimate of drug-likeness (QED) is 0.833. The normalized spacial score (nSPS) is 13.3. The summed E-state index contributed by atoms with van der Waals surface area (Å²) < 4.78 is 14.8. The molecule has 0 aliphatic carbocycles. The molecule has 19 heavy (non-hydrogen) atoms. The summed E-state index contributed by atoms with van der Waals surface area (Å²) in [6.07, 6.45) is 1.04. The molecule has 0 radical (unpaired) electrons. The van der Waals surface area contributed by atoms with Gasteiger partial charge >= 0.3 is 0 Å². The number of rotatable bonds is 7. The Morgan fingerprint density at radius 1 is 1.26 bits per heavy atom. The van der Waals surface area contributed by atoms with Gasteiger partial charge in [-0.15, -0.1) is 0 Å². The zero-order chi connectivity index (χ0) is 14.4. The molecule has 1 aromatic carbocycles. The van der Waals surface area contributed by atoms with Crippen LogP contribution in [-0.2, 0) is 0 Å². The maximum atomic E-state index is 13.9. The van der Waals surface area contributed by atoms with Gasteiger partial charge in [-0.25, -0.2) is 4.39 Å². The molecule has 1 rings (SSSR count). The fourth-order valence-electron chi connectivity index (χ4n) is 2.11. The minimum absolute atomic E-state index is 0.0836. The third-order valence-corrected chi connectivity index (χ3v) is 3.68. The molecular weight excluding hydrogens is 309 g/mol. The predicted molar refractivity (Wildman–Crippen MR) is 81.7 cm³/mol. The highest BCUT2D eigenvalue weighted by molar-refractivity contribution is 9.10. The lowest BCUT2D eigenvalue weighted by Crippen LogP contribution is -2.33. The molecule has 0 aliphatic heterocycles. The zero-order valence-corrected chi connectivity index (χ0v) is 13.5.